The zero-order valence-electron chi connectivity index (χ0n) is 17.4. The molecular weight excluding hydrogens is 398 g/mol. The molecule has 0 unspecified atom stereocenters. The molecule has 6 heteroatoms. The first-order valence-electron chi connectivity index (χ1n) is 11.0. The van der Waals surface area contributed by atoms with Gasteiger partial charge in [-0.15, -0.1) is 0 Å². The highest BCUT2D eigenvalue weighted by atomic mass is 35.5. The molecule has 1 aromatic carbocycles. The molecule has 1 aromatic heterocycles. The van der Waals surface area contributed by atoms with Crippen LogP contribution in [0.3, 0.4) is 0 Å². The quantitative estimate of drug-likeness (QED) is 0.756. The molecule has 1 fully saturated rings. The van der Waals surface area contributed by atoms with Crippen LogP contribution in [0.2, 0.25) is 5.15 Å². The predicted octanol–water partition coefficient (Wildman–Crippen LogP) is 3.97. The van der Waals surface area contributed by atoms with Crippen molar-refractivity contribution in [2.45, 2.75) is 63.5 Å². The molecule has 0 saturated heterocycles. The Labute approximate surface area is 182 Å². The third-order valence-corrected chi connectivity index (χ3v) is 7.20. The molecule has 3 aliphatic rings. The van der Waals surface area contributed by atoms with E-state index in [0.29, 0.717) is 11.8 Å². The van der Waals surface area contributed by atoms with E-state index >= 15 is 0 Å². The van der Waals surface area contributed by atoms with Crippen molar-refractivity contribution in [1.29, 1.82) is 0 Å². The van der Waals surface area contributed by atoms with Gasteiger partial charge < -0.3 is 14.9 Å². The molecule has 1 saturated carbocycles. The molecule has 5 rings (SSSR count). The molecule has 0 radical (unpaired) electrons. The second-order valence-electron chi connectivity index (χ2n) is 8.94. The molecule has 5 nitrogen and oxygen atoms in total. The maximum atomic E-state index is 13.6. The van der Waals surface area contributed by atoms with Crippen LogP contribution in [0.5, 0.6) is 0 Å². The highest BCUT2D eigenvalue weighted by molar-refractivity contribution is 6.29. The van der Waals surface area contributed by atoms with Gasteiger partial charge in [0.1, 0.15) is 5.15 Å². The second kappa shape index (κ2) is 7.86. The van der Waals surface area contributed by atoms with Gasteiger partial charge in [0.15, 0.2) is 0 Å². The first kappa shape index (κ1) is 19.8. The van der Waals surface area contributed by atoms with Gasteiger partial charge in [0.2, 0.25) is 0 Å². The molecule has 2 atom stereocenters. The summed E-state index contributed by atoms with van der Waals surface area (Å²) < 4.78 is 0. The fraction of sp³-hybridized carbons (Fsp3) is 0.500. The zero-order chi connectivity index (χ0) is 20.8. The van der Waals surface area contributed by atoms with Crippen LogP contribution in [-0.2, 0) is 19.3 Å². The van der Waals surface area contributed by atoms with Crippen LogP contribution in [-0.4, -0.2) is 46.8 Å². The lowest BCUT2D eigenvalue weighted by Crippen LogP contribution is -2.55. The van der Waals surface area contributed by atoms with E-state index in [2.05, 4.69) is 23.0 Å². The number of hydrogen-bond acceptors (Lipinski definition) is 4. The van der Waals surface area contributed by atoms with Crippen molar-refractivity contribution in [3.63, 3.8) is 0 Å². The number of fused-ring (bicyclic) bond motifs is 3. The molecule has 1 amide bonds. The highest BCUT2D eigenvalue weighted by Crippen LogP contribution is 2.41. The summed E-state index contributed by atoms with van der Waals surface area (Å²) in [5.74, 6) is 0.0687. The maximum absolute atomic E-state index is 13.6. The number of carbonyl (C=O) groups excluding carboxylic acids is 1. The van der Waals surface area contributed by atoms with Gasteiger partial charge >= 0.3 is 0 Å². The van der Waals surface area contributed by atoms with Crippen molar-refractivity contribution in [2.24, 2.45) is 0 Å². The van der Waals surface area contributed by atoms with Gasteiger partial charge in [-0.05, 0) is 72.9 Å². The summed E-state index contributed by atoms with van der Waals surface area (Å²) in [6.45, 7) is 0.556. The van der Waals surface area contributed by atoms with E-state index in [9.17, 15) is 9.90 Å². The topological polar surface area (TPSA) is 56.7 Å². The molecule has 2 aliphatic carbocycles. The molecule has 2 heterocycles. The maximum Gasteiger partial charge on any atom is 0.257 e. The number of nitrogens with zero attached hydrogens (tertiary/aromatic N) is 3. The smallest absolute Gasteiger partial charge is 0.257 e. The minimum atomic E-state index is -0.424. The average molecular weight is 426 g/mol. The third kappa shape index (κ3) is 3.38. The number of aliphatic hydroxyl groups excluding tert-OH is 1. The van der Waals surface area contributed by atoms with Crippen molar-refractivity contribution in [2.75, 3.05) is 18.6 Å². The molecule has 0 spiro atoms. The highest BCUT2D eigenvalue weighted by Gasteiger charge is 2.39. The Bertz CT molecular complexity index is 975. The number of halogens is 1. The van der Waals surface area contributed by atoms with E-state index in [1.54, 1.807) is 0 Å². The van der Waals surface area contributed by atoms with Crippen LogP contribution in [0.1, 0.15) is 64.7 Å². The molecule has 1 aliphatic heterocycles. The number of hydrogen-bond donors (Lipinski definition) is 1. The van der Waals surface area contributed by atoms with Crippen molar-refractivity contribution < 1.29 is 9.90 Å². The first-order chi connectivity index (χ1) is 14.5. The van der Waals surface area contributed by atoms with Gasteiger partial charge in [-0.25, -0.2) is 4.98 Å². The van der Waals surface area contributed by atoms with Crippen molar-refractivity contribution in [1.82, 2.24) is 9.88 Å². The van der Waals surface area contributed by atoms with Gasteiger partial charge in [-0.2, -0.15) is 0 Å². The lowest BCUT2D eigenvalue weighted by Gasteiger charge is -2.44. The Morgan fingerprint density at radius 1 is 1.17 bits per heavy atom. The fourth-order valence-corrected chi connectivity index (χ4v) is 5.68. The van der Waals surface area contributed by atoms with Gasteiger partial charge in [0.25, 0.3) is 5.91 Å². The Balaban J connectivity index is 1.55. The number of aliphatic hydroxyl groups is 1. The minimum Gasteiger partial charge on any atom is -0.391 e. The Kier molecular flexibility index (Phi) is 5.19. The zero-order valence-corrected chi connectivity index (χ0v) is 18.2. The van der Waals surface area contributed by atoms with Gasteiger partial charge in [0, 0.05) is 13.2 Å². The van der Waals surface area contributed by atoms with Crippen LogP contribution in [0.15, 0.2) is 24.4 Å². The molecule has 158 valence electrons. The standard InChI is InChI=1S/C24H28ClN3O2/c1-27-14-28(20-7-2-3-8-21(20)29)24(30)19-12-16(11-15-9-10-22(25)26-13-15)17-5-4-6-18(17)23(19)27/h9-10,12-13,20-21,29H,2-8,11,14H2,1H3/t20-,21-/m0/s1. The van der Waals surface area contributed by atoms with Crippen LogP contribution < -0.4 is 4.90 Å². The van der Waals surface area contributed by atoms with E-state index in [-0.39, 0.29) is 11.9 Å². The minimum absolute atomic E-state index is 0.0687. The number of amides is 1. The van der Waals surface area contributed by atoms with E-state index in [1.807, 2.05) is 23.2 Å². The summed E-state index contributed by atoms with van der Waals surface area (Å²) in [7, 11) is 2.08. The summed E-state index contributed by atoms with van der Waals surface area (Å²) in [4.78, 5) is 22.0. The summed E-state index contributed by atoms with van der Waals surface area (Å²) in [6, 6.07) is 5.85. The number of anilines is 1. The monoisotopic (exact) mass is 425 g/mol. The van der Waals surface area contributed by atoms with E-state index < -0.39 is 6.10 Å². The van der Waals surface area contributed by atoms with Crippen molar-refractivity contribution >= 4 is 23.2 Å². The average Bonchev–Trinajstić information content (AvgIpc) is 3.23. The lowest BCUT2D eigenvalue weighted by atomic mass is 9.88. The van der Waals surface area contributed by atoms with Crippen LogP contribution in [0.4, 0.5) is 5.69 Å². The van der Waals surface area contributed by atoms with Crippen LogP contribution in [0, 0.1) is 0 Å². The number of rotatable bonds is 3. The van der Waals surface area contributed by atoms with Gasteiger partial charge in [0.05, 0.1) is 30.1 Å². The molecule has 2 aromatic rings. The van der Waals surface area contributed by atoms with E-state index in [1.165, 1.54) is 16.7 Å². The van der Waals surface area contributed by atoms with Crippen LogP contribution >= 0.6 is 11.6 Å². The summed E-state index contributed by atoms with van der Waals surface area (Å²) >= 11 is 5.95. The second-order valence-corrected chi connectivity index (χ2v) is 9.33. The Hall–Kier alpha value is -2.11. The SMILES string of the molecule is CN1CN([C@H]2CCCC[C@@H]2O)C(=O)c2cc(Cc3ccc(Cl)nc3)c3c(c21)CCC3. The lowest BCUT2D eigenvalue weighted by molar-refractivity contribution is 0.0167. The van der Waals surface area contributed by atoms with Gasteiger partial charge in [-0.3, -0.25) is 4.79 Å². The summed E-state index contributed by atoms with van der Waals surface area (Å²) in [6.07, 6.45) is 9.13. The number of benzene rings is 1. The largest absolute Gasteiger partial charge is 0.391 e. The van der Waals surface area contributed by atoms with E-state index in [0.717, 1.165) is 68.2 Å². The van der Waals surface area contributed by atoms with Crippen molar-refractivity contribution in [3.8, 4) is 0 Å². The number of pyridine rings is 1. The van der Waals surface area contributed by atoms with Crippen molar-refractivity contribution in [3.05, 3.63) is 57.4 Å². The molecule has 30 heavy (non-hydrogen) atoms. The Morgan fingerprint density at radius 3 is 2.73 bits per heavy atom. The predicted molar refractivity (Wildman–Crippen MR) is 118 cm³/mol. The van der Waals surface area contributed by atoms with Gasteiger partial charge in [-0.1, -0.05) is 30.5 Å². The molecule has 1 N–H and O–H groups in total. The number of aromatic nitrogens is 1. The fourth-order valence-electron chi connectivity index (χ4n) is 5.57. The van der Waals surface area contributed by atoms with Crippen LogP contribution in [0.25, 0.3) is 0 Å². The van der Waals surface area contributed by atoms with E-state index in [4.69, 9.17) is 11.6 Å². The molecule has 0 bridgehead atoms. The molecular formula is C24H28ClN3O2. The number of carbonyl (C=O) groups is 1. The normalized spacial score (nSPS) is 23.5. The third-order valence-electron chi connectivity index (χ3n) is 6.98. The first-order valence-corrected chi connectivity index (χ1v) is 11.4. The Morgan fingerprint density at radius 2 is 1.97 bits per heavy atom. The summed E-state index contributed by atoms with van der Waals surface area (Å²) in [5.41, 5.74) is 6.95. The summed E-state index contributed by atoms with van der Waals surface area (Å²) in [5, 5.41) is 11.1.